The van der Waals surface area contributed by atoms with Crippen molar-refractivity contribution in [3.63, 3.8) is 0 Å². The van der Waals surface area contributed by atoms with Gasteiger partial charge in [0.05, 0.1) is 5.92 Å². The van der Waals surface area contributed by atoms with Gasteiger partial charge in [-0.15, -0.1) is 0 Å². The van der Waals surface area contributed by atoms with Gasteiger partial charge in [-0.25, -0.2) is 0 Å². The lowest BCUT2D eigenvalue weighted by molar-refractivity contribution is -0.117. The third kappa shape index (κ3) is 3.07. The highest BCUT2D eigenvalue weighted by Gasteiger charge is 2.35. The first kappa shape index (κ1) is 17.1. The molecule has 1 atom stereocenters. The van der Waals surface area contributed by atoms with Gasteiger partial charge in [-0.3, -0.25) is 4.79 Å². The Morgan fingerprint density at radius 1 is 1.07 bits per heavy atom. The molecule has 7 nitrogen and oxygen atoms in total. The number of carbonyl (C=O) groups is 1. The van der Waals surface area contributed by atoms with E-state index in [9.17, 15) is 4.79 Å². The van der Waals surface area contributed by atoms with Crippen LogP contribution >= 0.6 is 11.6 Å². The van der Waals surface area contributed by atoms with Crippen LogP contribution in [0.1, 0.15) is 18.2 Å². The minimum Gasteiger partial charge on any atom is -0.486 e. The van der Waals surface area contributed by atoms with E-state index >= 15 is 0 Å². The fourth-order valence-electron chi connectivity index (χ4n) is 3.47. The van der Waals surface area contributed by atoms with E-state index < -0.39 is 0 Å². The zero-order valence-electron chi connectivity index (χ0n) is 14.8. The third-order valence-electron chi connectivity index (χ3n) is 4.84. The predicted molar refractivity (Wildman–Crippen MR) is 102 cm³/mol. The van der Waals surface area contributed by atoms with Crippen molar-refractivity contribution >= 4 is 23.2 Å². The number of amides is 1. The van der Waals surface area contributed by atoms with Gasteiger partial charge in [-0.2, -0.15) is 4.98 Å². The molecule has 0 N–H and O–H groups in total. The fourth-order valence-corrected chi connectivity index (χ4v) is 3.66. The quantitative estimate of drug-likeness (QED) is 0.670. The lowest BCUT2D eigenvalue weighted by atomic mass is 10.1. The summed E-state index contributed by atoms with van der Waals surface area (Å²) in [7, 11) is 0. The summed E-state index contributed by atoms with van der Waals surface area (Å²) in [5.41, 5.74) is 1.54. The lowest BCUT2D eigenvalue weighted by Crippen LogP contribution is -2.24. The van der Waals surface area contributed by atoms with Gasteiger partial charge in [-0.05, 0) is 24.3 Å². The molecule has 1 aromatic heterocycles. The molecule has 1 amide bonds. The van der Waals surface area contributed by atoms with E-state index in [1.807, 2.05) is 30.3 Å². The number of rotatable bonds is 3. The Hall–Kier alpha value is -3.06. The molecule has 1 saturated heterocycles. The zero-order valence-corrected chi connectivity index (χ0v) is 15.6. The van der Waals surface area contributed by atoms with Gasteiger partial charge in [0, 0.05) is 35.3 Å². The van der Waals surface area contributed by atoms with Crippen molar-refractivity contribution in [3.05, 3.63) is 53.4 Å². The first-order valence-electron chi connectivity index (χ1n) is 8.97. The second-order valence-corrected chi connectivity index (χ2v) is 7.14. The number of carbonyl (C=O) groups excluding carboxylic acids is 1. The number of fused-ring (bicyclic) bond motifs is 1. The van der Waals surface area contributed by atoms with E-state index in [-0.39, 0.29) is 11.8 Å². The van der Waals surface area contributed by atoms with Crippen LogP contribution in [0.25, 0.3) is 11.4 Å². The van der Waals surface area contributed by atoms with Crippen LogP contribution in [0.5, 0.6) is 11.5 Å². The van der Waals surface area contributed by atoms with Gasteiger partial charge < -0.3 is 18.9 Å². The highest BCUT2D eigenvalue weighted by Crippen LogP contribution is 2.37. The van der Waals surface area contributed by atoms with Gasteiger partial charge in [0.15, 0.2) is 11.5 Å². The second-order valence-electron chi connectivity index (χ2n) is 6.70. The summed E-state index contributed by atoms with van der Waals surface area (Å²) < 4.78 is 16.6. The average Bonchev–Trinajstić information content (AvgIpc) is 3.34. The van der Waals surface area contributed by atoms with Crippen LogP contribution in [-0.2, 0) is 4.79 Å². The number of aromatic nitrogens is 2. The molecule has 0 unspecified atom stereocenters. The van der Waals surface area contributed by atoms with Gasteiger partial charge in [-0.1, -0.05) is 28.9 Å². The Balaban J connectivity index is 1.37. The minimum absolute atomic E-state index is 0.00387. The molecule has 3 heterocycles. The van der Waals surface area contributed by atoms with Crippen molar-refractivity contribution < 1.29 is 18.8 Å². The molecule has 2 aliphatic rings. The minimum atomic E-state index is -0.166. The molecule has 0 saturated carbocycles. The zero-order chi connectivity index (χ0) is 19.1. The van der Waals surface area contributed by atoms with Crippen molar-refractivity contribution in [1.82, 2.24) is 10.1 Å². The third-order valence-corrected chi connectivity index (χ3v) is 5.07. The molecule has 2 aromatic carbocycles. The number of hydrogen-bond donors (Lipinski definition) is 0. The normalized spacial score (nSPS) is 18.5. The van der Waals surface area contributed by atoms with Crippen LogP contribution in [0.3, 0.4) is 0 Å². The summed E-state index contributed by atoms with van der Waals surface area (Å²) in [6, 6.07) is 12.8. The largest absolute Gasteiger partial charge is 0.486 e. The Labute approximate surface area is 165 Å². The summed E-state index contributed by atoms with van der Waals surface area (Å²) in [5.74, 6) is 2.10. The molecule has 1 fully saturated rings. The number of nitrogens with zero attached hydrogens (tertiary/aromatic N) is 3. The Morgan fingerprint density at radius 2 is 1.93 bits per heavy atom. The van der Waals surface area contributed by atoms with Crippen molar-refractivity contribution in [2.24, 2.45) is 0 Å². The van der Waals surface area contributed by atoms with Crippen LogP contribution in [-0.4, -0.2) is 35.8 Å². The number of halogens is 1. The predicted octanol–water partition coefficient (Wildman–Crippen LogP) is 3.68. The molecule has 2 aliphatic heterocycles. The maximum atomic E-state index is 12.6. The van der Waals surface area contributed by atoms with Gasteiger partial charge >= 0.3 is 0 Å². The summed E-state index contributed by atoms with van der Waals surface area (Å²) in [5, 5.41) is 4.64. The number of ether oxygens (including phenoxy) is 2. The van der Waals surface area contributed by atoms with E-state index in [1.54, 1.807) is 17.0 Å². The van der Waals surface area contributed by atoms with Crippen molar-refractivity contribution in [3.8, 4) is 22.9 Å². The summed E-state index contributed by atoms with van der Waals surface area (Å²) in [4.78, 5) is 18.8. The monoisotopic (exact) mass is 397 g/mol. The van der Waals surface area contributed by atoms with Crippen LogP contribution in [0.4, 0.5) is 5.69 Å². The van der Waals surface area contributed by atoms with Crippen LogP contribution in [0.15, 0.2) is 47.0 Å². The van der Waals surface area contributed by atoms with E-state index in [0.717, 1.165) is 11.3 Å². The summed E-state index contributed by atoms with van der Waals surface area (Å²) in [6.07, 6.45) is 0.311. The molecule has 28 heavy (non-hydrogen) atoms. The van der Waals surface area contributed by atoms with E-state index in [4.69, 9.17) is 25.6 Å². The first-order chi connectivity index (χ1) is 13.7. The van der Waals surface area contributed by atoms with E-state index in [2.05, 4.69) is 10.1 Å². The van der Waals surface area contributed by atoms with E-state index in [0.29, 0.717) is 54.4 Å². The van der Waals surface area contributed by atoms with E-state index in [1.165, 1.54) is 0 Å². The van der Waals surface area contributed by atoms with Crippen molar-refractivity contribution in [1.29, 1.82) is 0 Å². The summed E-state index contributed by atoms with van der Waals surface area (Å²) >= 11 is 6.03. The van der Waals surface area contributed by atoms with Gasteiger partial charge in [0.1, 0.15) is 13.2 Å². The fraction of sp³-hybridized carbons (Fsp3) is 0.250. The standard InChI is InChI=1S/C20H16ClN3O4/c21-14-3-1-2-12(8-14)19-22-20(28-23-19)13-9-18(25)24(11-13)15-4-5-16-17(10-15)27-7-6-26-16/h1-5,8,10,13H,6-7,9,11H2/t13-/m1/s1. The van der Waals surface area contributed by atoms with Crippen LogP contribution < -0.4 is 14.4 Å². The Morgan fingerprint density at radius 3 is 2.79 bits per heavy atom. The van der Waals surface area contributed by atoms with Gasteiger partial charge in [0.25, 0.3) is 0 Å². The maximum absolute atomic E-state index is 12.6. The Bertz CT molecular complexity index is 1050. The lowest BCUT2D eigenvalue weighted by Gasteiger charge is -2.22. The molecule has 0 radical (unpaired) electrons. The second kappa shape index (κ2) is 6.83. The average molecular weight is 398 g/mol. The molecule has 0 aliphatic carbocycles. The van der Waals surface area contributed by atoms with Gasteiger partial charge in [0.2, 0.25) is 17.6 Å². The molecule has 5 rings (SSSR count). The number of benzene rings is 2. The molecule has 0 spiro atoms. The molecule has 8 heteroatoms. The van der Waals surface area contributed by atoms with Crippen molar-refractivity contribution in [2.75, 3.05) is 24.7 Å². The SMILES string of the molecule is O=C1C[C@@H](c2nc(-c3cccc(Cl)c3)no2)CN1c1ccc2c(c1)OCCO2. The highest BCUT2D eigenvalue weighted by atomic mass is 35.5. The first-order valence-corrected chi connectivity index (χ1v) is 9.35. The smallest absolute Gasteiger partial charge is 0.232 e. The molecule has 3 aromatic rings. The van der Waals surface area contributed by atoms with Crippen LogP contribution in [0.2, 0.25) is 5.02 Å². The molecular formula is C20H16ClN3O4. The Kier molecular flexibility index (Phi) is 4.16. The topological polar surface area (TPSA) is 77.7 Å². The highest BCUT2D eigenvalue weighted by molar-refractivity contribution is 6.30. The summed E-state index contributed by atoms with van der Waals surface area (Å²) in [6.45, 7) is 1.50. The molecule has 0 bridgehead atoms. The molecular weight excluding hydrogens is 382 g/mol. The van der Waals surface area contributed by atoms with Crippen molar-refractivity contribution in [2.45, 2.75) is 12.3 Å². The van der Waals surface area contributed by atoms with Crippen LogP contribution in [0, 0.1) is 0 Å². The maximum Gasteiger partial charge on any atom is 0.232 e. The molecule has 142 valence electrons. The number of hydrogen-bond acceptors (Lipinski definition) is 6. The number of anilines is 1.